The van der Waals surface area contributed by atoms with Crippen LogP contribution >= 0.6 is 0 Å². The molecule has 2 atom stereocenters. The highest BCUT2D eigenvalue weighted by molar-refractivity contribution is 7.87. The summed E-state index contributed by atoms with van der Waals surface area (Å²) in [6.45, 7) is 0. The van der Waals surface area contributed by atoms with Gasteiger partial charge in [0, 0.05) is 0 Å². The van der Waals surface area contributed by atoms with Gasteiger partial charge in [-0.15, -0.1) is 0 Å². The number of methoxy groups -OCH3 is 1. The van der Waals surface area contributed by atoms with Crippen LogP contribution in [0.2, 0.25) is 0 Å². The Kier molecular flexibility index (Phi) is 4.62. The van der Waals surface area contributed by atoms with E-state index in [1.807, 2.05) is 0 Å². The molecule has 0 saturated carbocycles. The summed E-state index contributed by atoms with van der Waals surface area (Å²) in [6.07, 6.45) is 0. The van der Waals surface area contributed by atoms with Gasteiger partial charge in [0.25, 0.3) is 5.91 Å². The lowest BCUT2D eigenvalue weighted by Gasteiger charge is -2.22. The summed E-state index contributed by atoms with van der Waals surface area (Å²) in [5.41, 5.74) is 0.658. The highest BCUT2D eigenvalue weighted by Crippen LogP contribution is 2.28. The third-order valence-electron chi connectivity index (χ3n) is 3.63. The third-order valence-corrected chi connectivity index (χ3v) is 5.28. The summed E-state index contributed by atoms with van der Waals surface area (Å²) in [5, 5.41) is 3.31. The maximum absolute atomic E-state index is 12.6. The van der Waals surface area contributed by atoms with Crippen molar-refractivity contribution >= 4 is 39.8 Å². The Bertz CT molecular complexity index is 896. The number of hydrogen-bond acceptors (Lipinski definition) is 5. The van der Waals surface area contributed by atoms with Gasteiger partial charge in [-0.25, -0.2) is 0 Å². The maximum Gasteiger partial charge on any atom is 0.293 e. The van der Waals surface area contributed by atoms with Crippen LogP contribution in [-0.2, 0) is 25.2 Å². The normalized spacial score (nSPS) is 18.7. The zero-order chi connectivity index (χ0) is 18.0. The number of ketones is 1. The predicted molar refractivity (Wildman–Crippen MR) is 91.9 cm³/mol. The number of anilines is 2. The van der Waals surface area contributed by atoms with Crippen LogP contribution in [0.25, 0.3) is 0 Å². The smallest absolute Gasteiger partial charge is 0.293 e. The average molecular weight is 358 g/mol. The zero-order valence-electron chi connectivity index (χ0n) is 13.1. The molecule has 0 radical (unpaired) electrons. The number of fused-ring (bicyclic) bond motifs is 1. The molecule has 2 N–H and O–H groups in total. The van der Waals surface area contributed by atoms with E-state index in [2.05, 4.69) is 10.6 Å². The first kappa shape index (κ1) is 16.8. The van der Waals surface area contributed by atoms with Crippen molar-refractivity contribution in [2.24, 2.45) is 0 Å². The number of carbonyl (C=O) groups is 3. The third kappa shape index (κ3) is 3.16. The van der Waals surface area contributed by atoms with Crippen molar-refractivity contribution in [2.75, 3.05) is 17.7 Å². The van der Waals surface area contributed by atoms with E-state index in [0.29, 0.717) is 16.3 Å². The van der Waals surface area contributed by atoms with Gasteiger partial charge in [0.05, 0.1) is 34.2 Å². The van der Waals surface area contributed by atoms with Gasteiger partial charge in [0.15, 0.2) is 5.25 Å². The molecular formula is C17H14N2O5S. The van der Waals surface area contributed by atoms with E-state index < -0.39 is 33.6 Å². The molecule has 0 fully saturated rings. The molecule has 128 valence electrons. The number of rotatable bonds is 4. The summed E-state index contributed by atoms with van der Waals surface area (Å²) in [6, 6.07) is 13.0. The van der Waals surface area contributed by atoms with Crippen molar-refractivity contribution in [1.82, 2.24) is 0 Å². The van der Waals surface area contributed by atoms with Crippen LogP contribution < -0.4 is 15.4 Å². The van der Waals surface area contributed by atoms with Crippen molar-refractivity contribution < 1.29 is 23.3 Å². The molecule has 0 aromatic heterocycles. The van der Waals surface area contributed by atoms with Crippen LogP contribution in [0.4, 0.5) is 11.4 Å². The van der Waals surface area contributed by atoms with Gasteiger partial charge in [-0.2, -0.15) is 0 Å². The van der Waals surface area contributed by atoms with Crippen LogP contribution in [0.15, 0.2) is 53.4 Å². The molecule has 1 heterocycles. The molecule has 0 bridgehead atoms. The second kappa shape index (κ2) is 6.86. The average Bonchev–Trinajstić information content (AvgIpc) is 2.62. The predicted octanol–water partition coefficient (Wildman–Crippen LogP) is 1.33. The minimum absolute atomic E-state index is 0.283. The summed E-state index contributed by atoms with van der Waals surface area (Å²) in [5.74, 6) is -2.51. The fourth-order valence-corrected chi connectivity index (χ4v) is 3.79. The molecule has 0 aliphatic carbocycles. The molecule has 1 aliphatic heterocycles. The van der Waals surface area contributed by atoms with E-state index in [-0.39, 0.29) is 5.69 Å². The zero-order valence-corrected chi connectivity index (χ0v) is 14.0. The molecule has 2 aromatic carbocycles. The lowest BCUT2D eigenvalue weighted by atomic mass is 10.2. The summed E-state index contributed by atoms with van der Waals surface area (Å²) in [4.78, 5) is 37.1. The van der Waals surface area contributed by atoms with Crippen molar-refractivity contribution in [3.8, 4) is 5.75 Å². The first-order chi connectivity index (χ1) is 12.0. The molecule has 0 saturated heterocycles. The van der Waals surface area contributed by atoms with E-state index in [0.717, 1.165) is 0 Å². The van der Waals surface area contributed by atoms with Crippen LogP contribution in [0, 0.1) is 0 Å². The fraction of sp³-hybridized carbons (Fsp3) is 0.118. The topological polar surface area (TPSA) is 102 Å². The van der Waals surface area contributed by atoms with E-state index in [1.54, 1.807) is 48.5 Å². The van der Waals surface area contributed by atoms with Crippen molar-refractivity contribution in [3.05, 3.63) is 48.5 Å². The second-order valence-electron chi connectivity index (χ2n) is 5.18. The number of amides is 2. The van der Waals surface area contributed by atoms with E-state index in [9.17, 15) is 18.6 Å². The van der Waals surface area contributed by atoms with Crippen LogP contribution in [-0.4, -0.2) is 34.2 Å². The van der Waals surface area contributed by atoms with E-state index in [4.69, 9.17) is 4.74 Å². The summed E-state index contributed by atoms with van der Waals surface area (Å²) >= 11 is 0. The van der Waals surface area contributed by atoms with Gasteiger partial charge in [0.1, 0.15) is 5.75 Å². The molecule has 25 heavy (non-hydrogen) atoms. The number of carbonyl (C=O) groups excluding carboxylic acids is 3. The van der Waals surface area contributed by atoms with Gasteiger partial charge in [-0.1, -0.05) is 24.3 Å². The van der Waals surface area contributed by atoms with Crippen LogP contribution in [0.5, 0.6) is 5.75 Å². The van der Waals surface area contributed by atoms with Gasteiger partial charge in [0.2, 0.25) is 11.7 Å². The highest BCUT2D eigenvalue weighted by atomic mass is 32.2. The number of benzene rings is 2. The van der Waals surface area contributed by atoms with E-state index in [1.165, 1.54) is 7.11 Å². The first-order valence-electron chi connectivity index (χ1n) is 7.31. The van der Waals surface area contributed by atoms with Gasteiger partial charge in [-0.05, 0) is 24.3 Å². The number of Topliss-reactive ketones (excluding diaryl/α,β-unsaturated/α-hetero) is 1. The first-order valence-corrected chi connectivity index (χ1v) is 8.53. The Balaban J connectivity index is 1.84. The minimum atomic E-state index is -1.95. The quantitative estimate of drug-likeness (QED) is 0.634. The minimum Gasteiger partial charge on any atom is -0.495 e. The standard InChI is InChI=1S/C17H14N2O5S/c1-24-12-8-4-2-6-10(12)18-16(21)14(20)15-17(22)19-11-7-3-5-9-13(11)25(15)23/h2-9,15H,1H3,(H,18,21)(H,19,22)/t15-,25-/m0/s1. The molecule has 0 unspecified atom stereocenters. The fourth-order valence-electron chi connectivity index (χ4n) is 2.43. The molecular weight excluding hydrogens is 344 g/mol. The maximum atomic E-state index is 12.6. The SMILES string of the molecule is COc1ccccc1NC(=O)C(=O)[C@H]1C(=O)Nc2ccccc2[S@@]1=O. The second-order valence-corrected chi connectivity index (χ2v) is 6.69. The Morgan fingerprint density at radius 3 is 2.56 bits per heavy atom. The number of nitrogens with one attached hydrogen (secondary N) is 2. The Morgan fingerprint density at radius 2 is 1.80 bits per heavy atom. The molecule has 8 heteroatoms. The summed E-state index contributed by atoms with van der Waals surface area (Å²) < 4.78 is 17.7. The highest BCUT2D eigenvalue weighted by Gasteiger charge is 2.41. The number of para-hydroxylation sites is 3. The molecule has 3 rings (SSSR count). The van der Waals surface area contributed by atoms with Gasteiger partial charge < -0.3 is 15.4 Å². The van der Waals surface area contributed by atoms with Gasteiger partial charge >= 0.3 is 0 Å². The number of hydrogen-bond donors (Lipinski definition) is 2. The lowest BCUT2D eigenvalue weighted by molar-refractivity contribution is -0.136. The molecule has 7 nitrogen and oxygen atoms in total. The molecule has 2 aromatic rings. The van der Waals surface area contributed by atoms with E-state index >= 15 is 0 Å². The van der Waals surface area contributed by atoms with Gasteiger partial charge in [-0.3, -0.25) is 18.6 Å². The van der Waals surface area contributed by atoms with Crippen molar-refractivity contribution in [1.29, 1.82) is 0 Å². The van der Waals surface area contributed by atoms with Crippen LogP contribution in [0.1, 0.15) is 0 Å². The Labute approximate surface area is 145 Å². The molecule has 2 amide bonds. The van der Waals surface area contributed by atoms with Crippen molar-refractivity contribution in [3.63, 3.8) is 0 Å². The summed E-state index contributed by atoms with van der Waals surface area (Å²) in [7, 11) is -0.528. The molecule has 0 spiro atoms. The van der Waals surface area contributed by atoms with Crippen molar-refractivity contribution in [2.45, 2.75) is 10.1 Å². The Morgan fingerprint density at radius 1 is 1.12 bits per heavy atom. The van der Waals surface area contributed by atoms with Crippen LogP contribution in [0.3, 0.4) is 0 Å². The number of ether oxygens (including phenoxy) is 1. The molecule has 1 aliphatic rings. The lowest BCUT2D eigenvalue weighted by Crippen LogP contribution is -2.46. The monoisotopic (exact) mass is 358 g/mol. The Hall–Kier alpha value is -3.00. The largest absolute Gasteiger partial charge is 0.495 e.